The van der Waals surface area contributed by atoms with Crippen LogP contribution >= 0.6 is 0 Å². The molecule has 0 radical (unpaired) electrons. The van der Waals surface area contributed by atoms with Crippen molar-refractivity contribution in [3.8, 4) is 28.7 Å². The van der Waals surface area contributed by atoms with Crippen LogP contribution in [0, 0.1) is 5.41 Å². The number of carbonyl (C=O) groups is 2. The maximum absolute atomic E-state index is 13.7. The molecular formula is C40H46N4O8. The highest BCUT2D eigenvalue weighted by Gasteiger charge is 2.56. The standard InChI is InChI=1S/C40H46N4O8/c1-48-27-9-7-24(8-10-27)25-15-26-21-41-30-18-35(33(49-2)16-28(30)38(46)43(26)22-25)51-13-5-4-6-14-52-36-19-31-29(17-34(36)50-3)39(47)44-23-40(11-12-40)20-32(44)37(45)42-31/h7-10,16-19,22,26,32,37,41-42,45H,4-6,11-15,20-21,23H2,1-3H3/t26-,32-,37?/m0/s1. The SMILES string of the molecule is COc1ccc(C2=CN3C(=O)c4cc(OC)c(OCCCCCOc5cc6c(cc5OC)C(=O)N5CC7(CC7)C[C@H]5C(O)N6)cc4NC[C@@H]3C2)cc1. The zero-order chi connectivity index (χ0) is 36.0. The molecule has 8 rings (SSSR count). The van der Waals surface area contributed by atoms with Crippen LogP contribution in [0.15, 0.2) is 54.7 Å². The van der Waals surface area contributed by atoms with Crippen molar-refractivity contribution in [1.82, 2.24) is 9.80 Å². The van der Waals surface area contributed by atoms with Crippen LogP contribution < -0.4 is 34.3 Å². The molecular weight excluding hydrogens is 664 g/mol. The van der Waals surface area contributed by atoms with Gasteiger partial charge in [-0.25, -0.2) is 0 Å². The van der Waals surface area contributed by atoms with Crippen LogP contribution in [0.1, 0.15) is 71.2 Å². The molecule has 3 aromatic rings. The van der Waals surface area contributed by atoms with Crippen LogP contribution in [-0.2, 0) is 0 Å². The largest absolute Gasteiger partial charge is 0.497 e. The number of anilines is 2. The Kier molecular flexibility index (Phi) is 9.02. The number of hydrogen-bond acceptors (Lipinski definition) is 10. The molecule has 4 heterocycles. The van der Waals surface area contributed by atoms with Crippen molar-refractivity contribution in [2.45, 2.75) is 63.3 Å². The highest BCUT2D eigenvalue weighted by molar-refractivity contribution is 6.03. The first kappa shape index (κ1) is 34.0. The van der Waals surface area contributed by atoms with Gasteiger partial charge in [-0.05, 0) is 85.8 Å². The molecule has 0 aromatic heterocycles. The Morgan fingerprint density at radius 3 is 2.10 bits per heavy atom. The maximum atomic E-state index is 13.7. The lowest BCUT2D eigenvalue weighted by Crippen LogP contribution is -2.43. The van der Waals surface area contributed by atoms with Crippen LogP contribution in [0.4, 0.5) is 11.4 Å². The van der Waals surface area contributed by atoms with Crippen LogP contribution in [-0.4, -0.2) is 92.7 Å². The lowest BCUT2D eigenvalue weighted by atomic mass is 10.0. The Hall–Kier alpha value is -5.10. The Morgan fingerprint density at radius 1 is 0.808 bits per heavy atom. The number of hydrogen-bond donors (Lipinski definition) is 3. The second-order valence-electron chi connectivity index (χ2n) is 14.5. The van der Waals surface area contributed by atoms with Crippen LogP contribution in [0.3, 0.4) is 0 Å². The topological polar surface area (TPSA) is 131 Å². The van der Waals surface area contributed by atoms with E-state index < -0.39 is 6.23 Å². The quantitative estimate of drug-likeness (QED) is 0.200. The first-order valence-corrected chi connectivity index (χ1v) is 18.2. The highest BCUT2D eigenvalue weighted by Crippen LogP contribution is 2.56. The summed E-state index contributed by atoms with van der Waals surface area (Å²) in [5.74, 6) is 2.75. The molecule has 5 aliphatic rings. The first-order valence-electron chi connectivity index (χ1n) is 18.2. The van der Waals surface area contributed by atoms with Gasteiger partial charge < -0.3 is 49.2 Å². The minimum atomic E-state index is -0.838. The predicted octanol–water partition coefficient (Wildman–Crippen LogP) is 5.76. The summed E-state index contributed by atoms with van der Waals surface area (Å²) in [4.78, 5) is 30.9. The minimum absolute atomic E-state index is 0.00160. The van der Waals surface area contributed by atoms with Crippen LogP contribution in [0.25, 0.3) is 5.57 Å². The number of nitrogens with one attached hydrogen (secondary N) is 2. The fourth-order valence-electron chi connectivity index (χ4n) is 8.02. The number of aliphatic hydroxyl groups excluding tert-OH is 1. The Balaban J connectivity index is 0.847. The smallest absolute Gasteiger partial charge is 0.260 e. The maximum Gasteiger partial charge on any atom is 0.260 e. The molecule has 1 aliphatic carbocycles. The Labute approximate surface area is 303 Å². The molecule has 4 aliphatic heterocycles. The van der Waals surface area contributed by atoms with Crippen molar-refractivity contribution in [1.29, 1.82) is 0 Å². The summed E-state index contributed by atoms with van der Waals surface area (Å²) in [6, 6.07) is 14.8. The number of unbranched alkanes of at least 4 members (excludes halogenated alkanes) is 2. The molecule has 1 unspecified atom stereocenters. The van der Waals surface area contributed by atoms with Crippen LogP contribution in [0.5, 0.6) is 28.7 Å². The van der Waals surface area contributed by atoms with E-state index in [2.05, 4.69) is 10.6 Å². The molecule has 1 spiro atoms. The Bertz CT molecular complexity index is 1890. The van der Waals surface area contributed by atoms with Crippen molar-refractivity contribution < 1.29 is 38.4 Å². The van der Waals surface area contributed by atoms with Gasteiger partial charge in [0.15, 0.2) is 23.0 Å². The van der Waals surface area contributed by atoms with Gasteiger partial charge in [-0.2, -0.15) is 0 Å². The fraction of sp³-hybridized carbons (Fsp3) is 0.450. The normalized spacial score (nSPS) is 22.2. The second kappa shape index (κ2) is 13.8. The highest BCUT2D eigenvalue weighted by atomic mass is 16.5. The van der Waals surface area contributed by atoms with Crippen molar-refractivity contribution in [3.63, 3.8) is 0 Å². The fourth-order valence-corrected chi connectivity index (χ4v) is 8.02. The van der Waals surface area contributed by atoms with Gasteiger partial charge in [0.1, 0.15) is 12.0 Å². The number of rotatable bonds is 12. The van der Waals surface area contributed by atoms with E-state index in [-0.39, 0.29) is 29.3 Å². The predicted molar refractivity (Wildman–Crippen MR) is 196 cm³/mol. The van der Waals surface area contributed by atoms with Crippen LogP contribution in [0.2, 0.25) is 0 Å². The average molecular weight is 711 g/mol. The van der Waals surface area contributed by atoms with E-state index in [1.807, 2.05) is 46.3 Å². The van der Waals surface area contributed by atoms with Gasteiger partial charge in [0.25, 0.3) is 11.8 Å². The van der Waals surface area contributed by atoms with E-state index in [0.29, 0.717) is 66.1 Å². The van der Waals surface area contributed by atoms with E-state index in [4.69, 9.17) is 23.7 Å². The number of carbonyl (C=O) groups excluding carboxylic acids is 2. The van der Waals surface area contributed by atoms with E-state index >= 15 is 0 Å². The molecule has 1 saturated heterocycles. The monoisotopic (exact) mass is 710 g/mol. The zero-order valence-corrected chi connectivity index (χ0v) is 29.9. The van der Waals surface area contributed by atoms with Gasteiger partial charge >= 0.3 is 0 Å². The molecule has 52 heavy (non-hydrogen) atoms. The molecule has 2 fully saturated rings. The van der Waals surface area contributed by atoms with E-state index in [9.17, 15) is 14.7 Å². The molecule has 274 valence electrons. The summed E-state index contributed by atoms with van der Waals surface area (Å²) >= 11 is 0. The Morgan fingerprint density at radius 2 is 1.46 bits per heavy atom. The van der Waals surface area contributed by atoms with Gasteiger partial charge in [-0.3, -0.25) is 9.59 Å². The summed E-state index contributed by atoms with van der Waals surface area (Å²) in [6.07, 6.45) is 7.34. The van der Waals surface area contributed by atoms with Crippen molar-refractivity contribution in [2.75, 3.05) is 58.3 Å². The van der Waals surface area contributed by atoms with Crippen molar-refractivity contribution in [2.24, 2.45) is 5.41 Å². The second-order valence-corrected chi connectivity index (χ2v) is 14.5. The molecule has 0 bridgehead atoms. The third kappa shape index (κ3) is 6.33. The number of methoxy groups -OCH3 is 3. The number of fused-ring (bicyclic) bond motifs is 4. The molecule has 2 amide bonds. The third-order valence-electron chi connectivity index (χ3n) is 11.2. The molecule has 3 N–H and O–H groups in total. The number of nitrogens with zero attached hydrogens (tertiary/aromatic N) is 2. The van der Waals surface area contributed by atoms with Gasteiger partial charge in [0.05, 0.1) is 69.1 Å². The van der Waals surface area contributed by atoms with E-state index in [1.54, 1.807) is 39.5 Å². The summed E-state index contributed by atoms with van der Waals surface area (Å²) in [6.45, 7) is 2.22. The summed E-state index contributed by atoms with van der Waals surface area (Å²) in [7, 11) is 4.79. The number of aliphatic hydroxyl groups is 1. The van der Waals surface area contributed by atoms with Gasteiger partial charge in [-0.1, -0.05) is 12.1 Å². The summed E-state index contributed by atoms with van der Waals surface area (Å²) < 4.78 is 28.8. The van der Waals surface area contributed by atoms with E-state index in [0.717, 1.165) is 67.5 Å². The number of ether oxygens (including phenoxy) is 5. The first-order chi connectivity index (χ1) is 25.3. The van der Waals surface area contributed by atoms with Crippen molar-refractivity contribution in [3.05, 3.63) is 71.4 Å². The average Bonchev–Trinajstić information content (AvgIpc) is 3.67. The molecule has 3 aromatic carbocycles. The van der Waals surface area contributed by atoms with Gasteiger partial charge in [-0.15, -0.1) is 0 Å². The number of amides is 2. The lowest BCUT2D eigenvalue weighted by molar-refractivity contribution is 0.0580. The number of benzene rings is 3. The lowest BCUT2D eigenvalue weighted by Gasteiger charge is -2.25. The summed E-state index contributed by atoms with van der Waals surface area (Å²) in [5.41, 5.74) is 4.69. The molecule has 12 heteroatoms. The zero-order valence-electron chi connectivity index (χ0n) is 29.9. The van der Waals surface area contributed by atoms with Gasteiger partial charge in [0.2, 0.25) is 0 Å². The third-order valence-corrected chi connectivity index (χ3v) is 11.2. The minimum Gasteiger partial charge on any atom is -0.497 e. The van der Waals surface area contributed by atoms with Gasteiger partial charge in [0, 0.05) is 31.4 Å². The van der Waals surface area contributed by atoms with Crippen molar-refractivity contribution >= 4 is 28.8 Å². The molecule has 12 nitrogen and oxygen atoms in total. The summed E-state index contributed by atoms with van der Waals surface area (Å²) in [5, 5.41) is 17.6. The van der Waals surface area contributed by atoms with E-state index in [1.165, 1.54) is 0 Å². The molecule has 1 saturated carbocycles. The molecule has 3 atom stereocenters.